The van der Waals surface area contributed by atoms with E-state index in [4.69, 9.17) is 0 Å². The largest absolute Gasteiger partial charge is 1.00 e. The number of rotatable bonds is 13. The zero-order chi connectivity index (χ0) is 15.4. The predicted molar refractivity (Wildman–Crippen MR) is 81.6 cm³/mol. The summed E-state index contributed by atoms with van der Waals surface area (Å²) in [4.78, 5) is 0. The zero-order valence-electron chi connectivity index (χ0n) is 14.0. The van der Waals surface area contributed by atoms with E-state index in [1.165, 1.54) is 0 Å². The first kappa shape index (κ1) is 24.8. The molecule has 4 nitrogen and oxygen atoms in total. The Morgan fingerprint density at radius 2 is 1.38 bits per heavy atom. The molecule has 0 aromatic heterocycles. The molecule has 2 atom stereocenters. The van der Waals surface area contributed by atoms with Crippen molar-refractivity contribution in [1.82, 2.24) is 0 Å². The number of hydrogen-bond acceptors (Lipinski definition) is 4. The molecule has 0 saturated heterocycles. The van der Waals surface area contributed by atoms with E-state index in [9.17, 15) is 18.1 Å². The van der Waals surface area contributed by atoms with Crippen LogP contribution in [0, 0.1) is 0 Å². The van der Waals surface area contributed by atoms with E-state index in [1.54, 1.807) is 0 Å². The van der Waals surface area contributed by atoms with Gasteiger partial charge < -0.3 is 9.66 Å². The number of hydrogen-bond donors (Lipinski definition) is 1. The van der Waals surface area contributed by atoms with Crippen LogP contribution in [0.5, 0.6) is 0 Å². The molecule has 0 radical (unpaired) electrons. The van der Waals surface area contributed by atoms with E-state index in [2.05, 4.69) is 0 Å². The second-order valence-corrected chi connectivity index (χ2v) is 7.32. The van der Waals surface area contributed by atoms with Crippen LogP contribution in [0.4, 0.5) is 0 Å². The van der Waals surface area contributed by atoms with Gasteiger partial charge in [-0.05, 0) is 25.7 Å². The summed E-state index contributed by atoms with van der Waals surface area (Å²) >= 11 is 0. The van der Waals surface area contributed by atoms with Gasteiger partial charge in [0, 0.05) is 5.25 Å². The summed E-state index contributed by atoms with van der Waals surface area (Å²) in [5.41, 5.74) is 0. The van der Waals surface area contributed by atoms with Crippen LogP contribution in [-0.2, 0) is 10.1 Å². The van der Waals surface area contributed by atoms with Gasteiger partial charge in [-0.15, -0.1) is 0 Å². The van der Waals surface area contributed by atoms with Gasteiger partial charge in [0.2, 0.25) is 0 Å². The molecule has 0 aliphatic heterocycles. The second kappa shape index (κ2) is 15.1. The Morgan fingerprint density at radius 3 is 1.81 bits per heavy atom. The van der Waals surface area contributed by atoms with Gasteiger partial charge in [0.25, 0.3) is 0 Å². The molecule has 0 aliphatic carbocycles. The normalized spacial score (nSPS) is 14.5. The molecule has 122 valence electrons. The minimum atomic E-state index is -4.12. The topological polar surface area (TPSA) is 77.4 Å². The van der Waals surface area contributed by atoms with Crippen molar-refractivity contribution < 1.29 is 69.5 Å². The Bertz CT molecular complexity index is 320. The van der Waals surface area contributed by atoms with Crippen LogP contribution < -0.4 is 51.4 Å². The van der Waals surface area contributed by atoms with E-state index >= 15 is 0 Å². The van der Waals surface area contributed by atoms with Gasteiger partial charge in [-0.2, -0.15) is 0 Å². The molecule has 0 aromatic carbocycles. The molecular weight excluding hydrogens is 315 g/mol. The molecule has 6 heteroatoms. The van der Waals surface area contributed by atoms with E-state index in [-0.39, 0.29) is 57.5 Å². The van der Waals surface area contributed by atoms with E-state index < -0.39 is 15.4 Å². The molecule has 0 rings (SSSR count). The van der Waals surface area contributed by atoms with Crippen molar-refractivity contribution in [3.05, 3.63) is 0 Å². The summed E-state index contributed by atoms with van der Waals surface area (Å²) in [6.45, 7) is 3.89. The first-order valence-electron chi connectivity index (χ1n) is 8.04. The number of aliphatic hydroxyl groups excluding tert-OH is 1. The molecule has 2 unspecified atom stereocenters. The predicted octanol–water partition coefficient (Wildman–Crippen LogP) is 0.596. The van der Waals surface area contributed by atoms with Crippen molar-refractivity contribution >= 4 is 10.1 Å². The zero-order valence-corrected chi connectivity index (χ0v) is 18.0. The SMILES string of the molecule is CCCC(CCCCCCCCC(O)CC)S(=O)(=O)[O-].[K+]. The van der Waals surface area contributed by atoms with Crippen LogP contribution in [-0.4, -0.2) is 29.4 Å². The van der Waals surface area contributed by atoms with Crippen molar-refractivity contribution in [3.8, 4) is 0 Å². The molecule has 1 N–H and O–H groups in total. The van der Waals surface area contributed by atoms with Crippen molar-refractivity contribution in [3.63, 3.8) is 0 Å². The monoisotopic (exact) mass is 346 g/mol. The minimum Gasteiger partial charge on any atom is -0.748 e. The smallest absolute Gasteiger partial charge is 0.748 e. The minimum absolute atomic E-state index is 0. The molecule has 0 saturated carbocycles. The molecule has 21 heavy (non-hydrogen) atoms. The maximum absolute atomic E-state index is 11.0. The quantitative estimate of drug-likeness (QED) is 0.301. The Labute approximate surface area is 173 Å². The average Bonchev–Trinajstić information content (AvgIpc) is 2.38. The third-order valence-corrected chi connectivity index (χ3v) is 5.09. The van der Waals surface area contributed by atoms with Crippen molar-refractivity contribution in [1.29, 1.82) is 0 Å². The van der Waals surface area contributed by atoms with E-state index in [1.807, 2.05) is 13.8 Å². The summed E-state index contributed by atoms with van der Waals surface area (Å²) in [5, 5.41) is 8.71. The standard InChI is InChI=1S/C15H32O4S.K/c1-3-11-15(20(17,18)19)13-10-8-6-5-7-9-12-14(16)4-2;/h14-16H,3-13H2,1-2H3,(H,17,18,19);/q;+1/p-1. The summed E-state index contributed by atoms with van der Waals surface area (Å²) in [6.07, 6.45) is 9.48. The molecule has 0 spiro atoms. The summed E-state index contributed by atoms with van der Waals surface area (Å²) in [7, 11) is -4.12. The first-order chi connectivity index (χ1) is 9.41. The second-order valence-electron chi connectivity index (χ2n) is 5.66. The number of unbranched alkanes of at least 4 members (excludes halogenated alkanes) is 5. The van der Waals surface area contributed by atoms with Crippen LogP contribution in [0.2, 0.25) is 0 Å². The Balaban J connectivity index is 0. The van der Waals surface area contributed by atoms with Crippen LogP contribution in [0.3, 0.4) is 0 Å². The fraction of sp³-hybridized carbons (Fsp3) is 1.00. The van der Waals surface area contributed by atoms with Gasteiger partial charge in [0.05, 0.1) is 16.2 Å². The molecule has 0 heterocycles. The third kappa shape index (κ3) is 14.8. The van der Waals surface area contributed by atoms with Gasteiger partial charge in [0.1, 0.15) is 0 Å². The molecule has 0 aliphatic rings. The fourth-order valence-corrected chi connectivity index (χ4v) is 3.40. The van der Waals surface area contributed by atoms with Gasteiger partial charge in [-0.3, -0.25) is 0 Å². The fourth-order valence-electron chi connectivity index (χ4n) is 2.42. The molecule has 0 fully saturated rings. The van der Waals surface area contributed by atoms with E-state index in [0.29, 0.717) is 12.8 Å². The van der Waals surface area contributed by atoms with Crippen molar-refractivity contribution in [2.75, 3.05) is 0 Å². The number of aliphatic hydroxyl groups is 1. The molecule has 0 bridgehead atoms. The van der Waals surface area contributed by atoms with Crippen LogP contribution in [0.25, 0.3) is 0 Å². The third-order valence-electron chi connectivity index (χ3n) is 3.80. The van der Waals surface area contributed by atoms with Gasteiger partial charge in [-0.25, -0.2) is 8.42 Å². The average molecular weight is 347 g/mol. The van der Waals surface area contributed by atoms with Crippen LogP contribution in [0.15, 0.2) is 0 Å². The molecule has 0 amide bonds. The maximum atomic E-state index is 11.0. The van der Waals surface area contributed by atoms with Gasteiger partial charge in [-0.1, -0.05) is 58.8 Å². The summed E-state index contributed by atoms with van der Waals surface area (Å²) < 4.78 is 33.1. The maximum Gasteiger partial charge on any atom is 1.00 e. The first-order valence-corrected chi connectivity index (χ1v) is 9.51. The van der Waals surface area contributed by atoms with Crippen LogP contribution in [0.1, 0.15) is 84.5 Å². The molecular formula is C15H31KO4S. The Kier molecular flexibility index (Phi) is 17.8. The summed E-state index contributed by atoms with van der Waals surface area (Å²) in [5.74, 6) is 0. The Morgan fingerprint density at radius 1 is 0.905 bits per heavy atom. The summed E-state index contributed by atoms with van der Waals surface area (Å²) in [6, 6.07) is 0. The van der Waals surface area contributed by atoms with Crippen LogP contribution >= 0.6 is 0 Å². The van der Waals surface area contributed by atoms with Gasteiger partial charge >= 0.3 is 51.4 Å². The molecule has 0 aromatic rings. The Hall–Kier alpha value is 1.51. The van der Waals surface area contributed by atoms with Gasteiger partial charge in [0.15, 0.2) is 0 Å². The van der Waals surface area contributed by atoms with Crippen molar-refractivity contribution in [2.24, 2.45) is 0 Å². The van der Waals surface area contributed by atoms with E-state index in [0.717, 1.165) is 57.8 Å². The van der Waals surface area contributed by atoms with Crippen molar-refractivity contribution in [2.45, 2.75) is 95.8 Å².